The zero-order valence-electron chi connectivity index (χ0n) is 10.2. The van der Waals surface area contributed by atoms with Crippen LogP contribution in [0.4, 0.5) is 13.2 Å². The van der Waals surface area contributed by atoms with Crippen molar-refractivity contribution in [1.29, 1.82) is 0 Å². The molecule has 0 saturated carbocycles. The summed E-state index contributed by atoms with van der Waals surface area (Å²) in [7, 11) is 0. The standard InChI is InChI=1S/C14H11ClF3NO/c15-13-6-3-10(7-11(13)8-19)9-1-4-12(5-2-9)20-14(16,17)18/h1-7H,8,19H2. The molecule has 0 radical (unpaired) electrons. The normalized spacial score (nSPS) is 11.4. The highest BCUT2D eigenvalue weighted by Gasteiger charge is 2.30. The fourth-order valence-electron chi connectivity index (χ4n) is 1.76. The predicted octanol–water partition coefficient (Wildman–Crippen LogP) is 4.36. The van der Waals surface area contributed by atoms with Crippen LogP contribution in [0.3, 0.4) is 0 Å². The van der Waals surface area contributed by atoms with E-state index in [1.165, 1.54) is 12.1 Å². The number of benzene rings is 2. The van der Waals surface area contributed by atoms with Gasteiger partial charge in [-0.2, -0.15) is 0 Å². The Morgan fingerprint density at radius 2 is 1.60 bits per heavy atom. The van der Waals surface area contributed by atoms with E-state index in [2.05, 4.69) is 4.74 Å². The van der Waals surface area contributed by atoms with Crippen LogP contribution in [0, 0.1) is 0 Å². The molecule has 0 fully saturated rings. The minimum Gasteiger partial charge on any atom is -0.406 e. The first-order valence-electron chi connectivity index (χ1n) is 5.74. The molecule has 2 N–H and O–H groups in total. The summed E-state index contributed by atoms with van der Waals surface area (Å²) in [6.45, 7) is 0.294. The van der Waals surface area contributed by atoms with Crippen LogP contribution in [-0.2, 0) is 6.54 Å². The first kappa shape index (κ1) is 14.7. The number of alkyl halides is 3. The summed E-state index contributed by atoms with van der Waals surface area (Å²) >= 11 is 5.96. The molecular formula is C14H11ClF3NO. The lowest BCUT2D eigenvalue weighted by atomic mass is 10.0. The molecule has 0 bridgehead atoms. The molecule has 0 aromatic heterocycles. The maximum absolute atomic E-state index is 12.1. The number of nitrogens with two attached hydrogens (primary N) is 1. The van der Waals surface area contributed by atoms with Crippen LogP contribution >= 0.6 is 11.6 Å². The molecule has 0 spiro atoms. The molecule has 0 aliphatic carbocycles. The molecule has 0 aliphatic rings. The van der Waals surface area contributed by atoms with Gasteiger partial charge < -0.3 is 10.5 Å². The molecule has 2 aromatic carbocycles. The second kappa shape index (κ2) is 5.73. The van der Waals surface area contributed by atoms with Crippen molar-refractivity contribution in [2.24, 2.45) is 5.73 Å². The van der Waals surface area contributed by atoms with Gasteiger partial charge in [0.2, 0.25) is 0 Å². The summed E-state index contributed by atoms with van der Waals surface area (Å²) < 4.78 is 40.0. The van der Waals surface area contributed by atoms with E-state index in [9.17, 15) is 13.2 Å². The Bertz CT molecular complexity index is 596. The van der Waals surface area contributed by atoms with Crippen molar-refractivity contribution in [1.82, 2.24) is 0 Å². The lowest BCUT2D eigenvalue weighted by Crippen LogP contribution is -2.16. The third kappa shape index (κ3) is 3.65. The fraction of sp³-hybridized carbons (Fsp3) is 0.143. The van der Waals surface area contributed by atoms with E-state index in [1.54, 1.807) is 24.3 Å². The molecule has 2 rings (SSSR count). The average Bonchev–Trinajstić information content (AvgIpc) is 2.38. The molecule has 0 heterocycles. The Morgan fingerprint density at radius 3 is 2.15 bits per heavy atom. The van der Waals surface area contributed by atoms with E-state index < -0.39 is 6.36 Å². The van der Waals surface area contributed by atoms with E-state index in [0.29, 0.717) is 11.6 Å². The van der Waals surface area contributed by atoms with Crippen molar-refractivity contribution in [3.05, 3.63) is 53.1 Å². The number of halogens is 4. The zero-order valence-corrected chi connectivity index (χ0v) is 11.0. The minimum absolute atomic E-state index is 0.255. The predicted molar refractivity (Wildman–Crippen MR) is 71.5 cm³/mol. The van der Waals surface area contributed by atoms with Crippen LogP contribution in [0.15, 0.2) is 42.5 Å². The van der Waals surface area contributed by atoms with Crippen LogP contribution in [-0.4, -0.2) is 6.36 Å². The number of rotatable bonds is 3. The Balaban J connectivity index is 2.26. The number of hydrogen-bond acceptors (Lipinski definition) is 2. The molecule has 0 unspecified atom stereocenters. The van der Waals surface area contributed by atoms with Crippen LogP contribution in [0.5, 0.6) is 5.75 Å². The van der Waals surface area contributed by atoms with Gasteiger partial charge in [-0.3, -0.25) is 0 Å². The quantitative estimate of drug-likeness (QED) is 0.914. The fourth-order valence-corrected chi connectivity index (χ4v) is 1.95. The summed E-state index contributed by atoms with van der Waals surface area (Å²) in [6, 6.07) is 10.9. The van der Waals surface area contributed by atoms with E-state index >= 15 is 0 Å². The summed E-state index contributed by atoms with van der Waals surface area (Å²) in [5, 5.41) is 0.563. The summed E-state index contributed by atoms with van der Waals surface area (Å²) in [4.78, 5) is 0. The third-order valence-corrected chi connectivity index (χ3v) is 3.06. The van der Waals surface area contributed by atoms with Gasteiger partial charge in [0.15, 0.2) is 0 Å². The van der Waals surface area contributed by atoms with Gasteiger partial charge in [-0.05, 0) is 41.0 Å². The van der Waals surface area contributed by atoms with Gasteiger partial charge in [-0.15, -0.1) is 13.2 Å². The van der Waals surface area contributed by atoms with E-state index in [4.69, 9.17) is 17.3 Å². The van der Waals surface area contributed by atoms with Gasteiger partial charge in [-0.25, -0.2) is 0 Å². The van der Waals surface area contributed by atoms with Crippen molar-refractivity contribution < 1.29 is 17.9 Å². The summed E-state index contributed by atoms with van der Waals surface area (Å²) in [5.74, 6) is -0.255. The van der Waals surface area contributed by atoms with Gasteiger partial charge >= 0.3 is 6.36 Å². The van der Waals surface area contributed by atoms with Crippen molar-refractivity contribution in [2.45, 2.75) is 12.9 Å². The lowest BCUT2D eigenvalue weighted by molar-refractivity contribution is -0.274. The highest BCUT2D eigenvalue weighted by Crippen LogP contribution is 2.28. The first-order chi connectivity index (χ1) is 9.39. The second-order valence-electron chi connectivity index (χ2n) is 4.08. The molecule has 106 valence electrons. The monoisotopic (exact) mass is 301 g/mol. The van der Waals surface area contributed by atoms with Crippen molar-refractivity contribution >= 4 is 11.6 Å². The van der Waals surface area contributed by atoms with Crippen LogP contribution < -0.4 is 10.5 Å². The largest absolute Gasteiger partial charge is 0.573 e. The molecule has 20 heavy (non-hydrogen) atoms. The highest BCUT2D eigenvalue weighted by atomic mass is 35.5. The van der Waals surface area contributed by atoms with Crippen LogP contribution in [0.25, 0.3) is 11.1 Å². The minimum atomic E-state index is -4.69. The van der Waals surface area contributed by atoms with Crippen LogP contribution in [0.2, 0.25) is 5.02 Å². The number of ether oxygens (including phenoxy) is 1. The Kier molecular flexibility index (Phi) is 4.20. The maximum Gasteiger partial charge on any atom is 0.573 e. The maximum atomic E-state index is 12.1. The van der Waals surface area contributed by atoms with Gasteiger partial charge in [0, 0.05) is 11.6 Å². The Labute approximate surface area is 118 Å². The van der Waals surface area contributed by atoms with Crippen LogP contribution in [0.1, 0.15) is 5.56 Å². The molecule has 0 amide bonds. The Morgan fingerprint density at radius 1 is 1.00 bits per heavy atom. The smallest absolute Gasteiger partial charge is 0.406 e. The summed E-state index contributed by atoms with van der Waals surface area (Å²) in [6.07, 6.45) is -4.69. The highest BCUT2D eigenvalue weighted by molar-refractivity contribution is 6.31. The molecule has 0 aliphatic heterocycles. The third-order valence-electron chi connectivity index (χ3n) is 2.69. The molecular weight excluding hydrogens is 291 g/mol. The average molecular weight is 302 g/mol. The van der Waals surface area contributed by atoms with Gasteiger partial charge in [0.05, 0.1) is 0 Å². The first-order valence-corrected chi connectivity index (χ1v) is 6.11. The molecule has 0 atom stereocenters. The zero-order chi connectivity index (χ0) is 14.8. The molecule has 2 aromatic rings. The number of hydrogen-bond donors (Lipinski definition) is 1. The van der Waals surface area contributed by atoms with Gasteiger partial charge in [0.1, 0.15) is 5.75 Å². The summed E-state index contributed by atoms with van der Waals surface area (Å²) in [5.41, 5.74) is 7.92. The van der Waals surface area contributed by atoms with E-state index in [-0.39, 0.29) is 5.75 Å². The van der Waals surface area contributed by atoms with Crippen molar-refractivity contribution in [3.8, 4) is 16.9 Å². The van der Waals surface area contributed by atoms with Crippen molar-refractivity contribution in [2.75, 3.05) is 0 Å². The van der Waals surface area contributed by atoms with Gasteiger partial charge in [-0.1, -0.05) is 29.8 Å². The Hall–Kier alpha value is -1.72. The van der Waals surface area contributed by atoms with Gasteiger partial charge in [0.25, 0.3) is 0 Å². The molecule has 6 heteroatoms. The van der Waals surface area contributed by atoms with E-state index in [1.807, 2.05) is 6.07 Å². The topological polar surface area (TPSA) is 35.2 Å². The second-order valence-corrected chi connectivity index (χ2v) is 4.49. The van der Waals surface area contributed by atoms with E-state index in [0.717, 1.165) is 16.7 Å². The SMILES string of the molecule is NCc1cc(-c2ccc(OC(F)(F)F)cc2)ccc1Cl. The van der Waals surface area contributed by atoms with Crippen molar-refractivity contribution in [3.63, 3.8) is 0 Å². The molecule has 2 nitrogen and oxygen atoms in total. The molecule has 0 saturated heterocycles. The lowest BCUT2D eigenvalue weighted by Gasteiger charge is -2.10.